The van der Waals surface area contributed by atoms with Crippen molar-refractivity contribution in [3.8, 4) is 22.7 Å². The summed E-state index contributed by atoms with van der Waals surface area (Å²) in [4.78, 5) is 38.7. The van der Waals surface area contributed by atoms with Crippen LogP contribution in [0.15, 0.2) is 105 Å². The van der Waals surface area contributed by atoms with Crippen LogP contribution in [0, 0.1) is 6.92 Å². The van der Waals surface area contributed by atoms with Crippen molar-refractivity contribution in [1.29, 1.82) is 0 Å². The van der Waals surface area contributed by atoms with Crippen LogP contribution in [0.1, 0.15) is 11.3 Å². The Balaban J connectivity index is 1.38. The number of thiazole rings is 1. The quantitative estimate of drug-likeness (QED) is 0.217. The topological polar surface area (TPSA) is 81.7 Å². The second-order valence-corrected chi connectivity index (χ2v) is 11.1. The van der Waals surface area contributed by atoms with E-state index in [1.165, 1.54) is 23.1 Å². The van der Waals surface area contributed by atoms with Gasteiger partial charge in [0, 0.05) is 18.1 Å². The number of rotatable bonds is 6. The first-order valence-corrected chi connectivity index (χ1v) is 14.5. The molecule has 3 aromatic carbocycles. The third kappa shape index (κ3) is 5.03. The minimum atomic E-state index is -0.169. The third-order valence-electron chi connectivity index (χ3n) is 6.73. The van der Waals surface area contributed by atoms with Crippen molar-refractivity contribution >= 4 is 51.1 Å². The number of hydrogen-bond donors (Lipinski definition) is 0. The molecule has 1 aliphatic heterocycles. The van der Waals surface area contributed by atoms with Crippen LogP contribution in [0.5, 0.6) is 5.75 Å². The van der Waals surface area contributed by atoms with Crippen LogP contribution in [0.3, 0.4) is 0 Å². The van der Waals surface area contributed by atoms with Gasteiger partial charge >= 0.3 is 0 Å². The zero-order valence-corrected chi connectivity index (χ0v) is 24.1. The van der Waals surface area contributed by atoms with Gasteiger partial charge in [0.1, 0.15) is 5.75 Å². The number of para-hydroxylation sites is 2. The van der Waals surface area contributed by atoms with Gasteiger partial charge in [-0.15, -0.1) is 11.3 Å². The van der Waals surface area contributed by atoms with Crippen LogP contribution in [0.2, 0.25) is 0 Å². The first kappa shape index (κ1) is 26.5. The van der Waals surface area contributed by atoms with Gasteiger partial charge in [0.05, 0.1) is 34.6 Å². The Morgan fingerprint density at radius 3 is 2.22 bits per heavy atom. The predicted octanol–water partition coefficient (Wildman–Crippen LogP) is 6.43. The van der Waals surface area contributed by atoms with Crippen molar-refractivity contribution in [1.82, 2.24) is 14.3 Å². The molecule has 1 saturated heterocycles. The van der Waals surface area contributed by atoms with Gasteiger partial charge in [-0.2, -0.15) is 4.99 Å². The summed E-state index contributed by atoms with van der Waals surface area (Å²) in [6, 6.07) is 26.4. The number of amides is 1. The van der Waals surface area contributed by atoms with Gasteiger partial charge in [-0.25, -0.2) is 9.67 Å². The third-order valence-corrected chi connectivity index (χ3v) is 8.43. The van der Waals surface area contributed by atoms with Crippen molar-refractivity contribution in [3.63, 3.8) is 0 Å². The van der Waals surface area contributed by atoms with E-state index in [-0.39, 0.29) is 11.5 Å². The van der Waals surface area contributed by atoms with Gasteiger partial charge in [0.25, 0.3) is 11.5 Å². The summed E-state index contributed by atoms with van der Waals surface area (Å²) in [5, 5.41) is 2.78. The maximum absolute atomic E-state index is 13.6. The zero-order valence-electron chi connectivity index (χ0n) is 22.5. The van der Waals surface area contributed by atoms with Gasteiger partial charge in [0.15, 0.2) is 5.17 Å². The van der Waals surface area contributed by atoms with Crippen LogP contribution in [0.4, 0.5) is 10.8 Å². The molecule has 41 heavy (non-hydrogen) atoms. The van der Waals surface area contributed by atoms with Gasteiger partial charge in [-0.1, -0.05) is 48.5 Å². The molecule has 3 heterocycles. The molecule has 0 N–H and O–H groups in total. The van der Waals surface area contributed by atoms with Gasteiger partial charge in [-0.3, -0.25) is 19.2 Å². The van der Waals surface area contributed by atoms with Gasteiger partial charge in [0.2, 0.25) is 5.13 Å². The Bertz CT molecular complexity index is 1850. The molecule has 8 nitrogen and oxygen atoms in total. The molecule has 0 atom stereocenters. The molecular weight excluding hydrogens is 555 g/mol. The number of thioether (sulfide) groups is 1. The Hall–Kier alpha value is -4.67. The highest BCUT2D eigenvalue weighted by Gasteiger charge is 2.35. The van der Waals surface area contributed by atoms with Crippen molar-refractivity contribution in [2.75, 3.05) is 12.0 Å². The summed E-state index contributed by atoms with van der Waals surface area (Å²) in [5.74, 6) is 0.576. The summed E-state index contributed by atoms with van der Waals surface area (Å²) in [6.07, 6.45) is 1.84. The number of benzene rings is 3. The number of aliphatic imine (C=N–C) groups is 1. The molecule has 2 aromatic heterocycles. The number of methoxy groups -OCH3 is 1. The lowest BCUT2D eigenvalue weighted by Gasteiger charge is -2.14. The van der Waals surface area contributed by atoms with Crippen LogP contribution in [-0.4, -0.2) is 32.5 Å². The molecule has 5 aromatic rings. The molecule has 0 spiro atoms. The highest BCUT2D eigenvalue weighted by molar-refractivity contribution is 8.19. The highest BCUT2D eigenvalue weighted by atomic mass is 32.2. The summed E-state index contributed by atoms with van der Waals surface area (Å²) < 4.78 is 8.71. The summed E-state index contributed by atoms with van der Waals surface area (Å²) in [5.41, 5.74) is 4.09. The van der Waals surface area contributed by atoms with Gasteiger partial charge in [-0.05, 0) is 66.7 Å². The Labute approximate surface area is 244 Å². The van der Waals surface area contributed by atoms with Crippen molar-refractivity contribution < 1.29 is 9.53 Å². The highest BCUT2D eigenvalue weighted by Crippen LogP contribution is 2.38. The minimum Gasteiger partial charge on any atom is -0.497 e. The number of hydrogen-bond acceptors (Lipinski definition) is 7. The number of nitrogens with zero attached hydrogens (tertiary/aromatic N) is 5. The largest absolute Gasteiger partial charge is 0.497 e. The number of aromatic nitrogens is 3. The molecule has 0 aliphatic carbocycles. The lowest BCUT2D eigenvalue weighted by atomic mass is 10.2. The van der Waals surface area contributed by atoms with E-state index in [0.717, 1.165) is 22.7 Å². The lowest BCUT2D eigenvalue weighted by molar-refractivity contribution is -0.113. The molecule has 204 valence electrons. The molecule has 10 heteroatoms. The molecule has 1 fully saturated rings. The maximum atomic E-state index is 13.6. The summed E-state index contributed by atoms with van der Waals surface area (Å²) in [6.45, 7) is 1.90. The molecule has 0 radical (unpaired) electrons. The van der Waals surface area contributed by atoms with Crippen molar-refractivity contribution in [2.24, 2.45) is 12.0 Å². The smallest absolute Gasteiger partial charge is 0.281 e. The van der Waals surface area contributed by atoms with E-state index in [9.17, 15) is 9.59 Å². The molecule has 1 amide bonds. The number of ether oxygens (including phenoxy) is 1. The molecular formula is C31H25N5O3S2. The van der Waals surface area contributed by atoms with E-state index >= 15 is 0 Å². The lowest BCUT2D eigenvalue weighted by Crippen LogP contribution is -2.28. The fourth-order valence-electron chi connectivity index (χ4n) is 4.58. The SMILES string of the molecule is COc1ccc(/C=C2\S/C(=N\c3nc(-c4c(C)n(C)n(-c5ccccc5)c4=O)cs3)N(c3ccccc3)C2=O)cc1. The van der Waals surface area contributed by atoms with E-state index in [1.54, 1.807) is 16.7 Å². The normalized spacial score (nSPS) is 15.3. The fourth-order valence-corrected chi connectivity index (χ4v) is 6.30. The molecule has 0 saturated carbocycles. The average Bonchev–Trinajstić information content (AvgIpc) is 3.64. The minimum absolute atomic E-state index is 0.151. The predicted molar refractivity (Wildman–Crippen MR) is 166 cm³/mol. The Kier molecular flexibility index (Phi) is 7.17. The Morgan fingerprint density at radius 1 is 0.902 bits per heavy atom. The second-order valence-electron chi connectivity index (χ2n) is 9.21. The van der Waals surface area contributed by atoms with E-state index in [1.807, 2.05) is 115 Å². The van der Waals surface area contributed by atoms with E-state index in [2.05, 4.69) is 0 Å². The van der Waals surface area contributed by atoms with Crippen LogP contribution >= 0.6 is 23.1 Å². The molecule has 0 bridgehead atoms. The number of carbonyl (C=O) groups is 1. The first-order chi connectivity index (χ1) is 19.9. The van der Waals surface area contributed by atoms with Crippen LogP contribution < -0.4 is 15.2 Å². The number of anilines is 1. The molecule has 1 aliphatic rings. The van der Waals surface area contributed by atoms with Crippen LogP contribution in [-0.2, 0) is 11.8 Å². The van der Waals surface area contributed by atoms with Crippen molar-refractivity contribution in [2.45, 2.75) is 6.92 Å². The second kappa shape index (κ2) is 11.1. The maximum Gasteiger partial charge on any atom is 0.281 e. The summed E-state index contributed by atoms with van der Waals surface area (Å²) in [7, 11) is 3.47. The van der Waals surface area contributed by atoms with Crippen molar-refractivity contribution in [3.05, 3.63) is 117 Å². The molecule has 6 rings (SSSR count). The van der Waals surface area contributed by atoms with Crippen LogP contribution in [0.25, 0.3) is 23.0 Å². The number of amidine groups is 1. The Morgan fingerprint density at radius 2 is 1.56 bits per heavy atom. The van der Waals surface area contributed by atoms with Gasteiger partial charge < -0.3 is 4.74 Å². The number of carbonyl (C=O) groups excluding carboxylic acids is 1. The summed E-state index contributed by atoms with van der Waals surface area (Å²) >= 11 is 2.62. The van der Waals surface area contributed by atoms with E-state index in [4.69, 9.17) is 14.7 Å². The standard InChI is InChI=1S/C31H25N5O3S2/c1-20-27(29(38)36(34(20)2)23-12-8-5-9-13-23)25-19-40-30(32-25)33-31-35(22-10-6-4-7-11-22)28(37)26(41-31)18-21-14-16-24(39-3)17-15-21/h4-19H,1-3H3/b26-18-,33-31-. The van der Waals surface area contributed by atoms with E-state index in [0.29, 0.717) is 32.1 Å². The monoisotopic (exact) mass is 579 g/mol. The zero-order chi connectivity index (χ0) is 28.5. The van der Waals surface area contributed by atoms with E-state index < -0.39 is 0 Å². The molecule has 0 unspecified atom stereocenters. The first-order valence-electron chi connectivity index (χ1n) is 12.8. The average molecular weight is 580 g/mol. The fraction of sp³-hybridized carbons (Fsp3) is 0.0968.